The molecule has 5 aromatic heterocycles. The second-order valence-electron chi connectivity index (χ2n) is 17.0. The highest BCUT2D eigenvalue weighted by molar-refractivity contribution is 5.95. The predicted octanol–water partition coefficient (Wildman–Crippen LogP) is 15.2. The highest BCUT2D eigenvalue weighted by atomic mass is 15.1. The number of pyridine rings is 3. The molecule has 0 atom stereocenters. The molecule has 330 valence electrons. The lowest BCUT2D eigenvalue weighted by molar-refractivity contribution is 1.06. The molecule has 0 aliphatic rings. The Bertz CT molecular complexity index is 3580. The van der Waals surface area contributed by atoms with Crippen molar-refractivity contribution in [2.75, 3.05) is 0 Å². The van der Waals surface area contributed by atoms with E-state index < -0.39 is 0 Å². The van der Waals surface area contributed by atoms with Gasteiger partial charge in [-0.25, -0.2) is 9.97 Å². The summed E-state index contributed by atoms with van der Waals surface area (Å²) in [6.07, 6.45) is 13.3. The van der Waals surface area contributed by atoms with E-state index in [9.17, 15) is 0 Å². The molecule has 0 radical (unpaired) electrons. The van der Waals surface area contributed by atoms with Gasteiger partial charge in [0.05, 0.1) is 17.1 Å². The van der Waals surface area contributed by atoms with Crippen molar-refractivity contribution in [2.45, 2.75) is 0 Å². The van der Waals surface area contributed by atoms with Crippen molar-refractivity contribution >= 4 is 0 Å². The summed E-state index contributed by atoms with van der Waals surface area (Å²) in [5, 5.41) is 0. The van der Waals surface area contributed by atoms with Crippen molar-refractivity contribution in [3.63, 3.8) is 0 Å². The largest absolute Gasteiger partial charge is 0.300 e. The maximum absolute atomic E-state index is 5.03. The van der Waals surface area contributed by atoms with Gasteiger partial charge in [-0.15, -0.1) is 0 Å². The Morgan fingerprint density at radius 2 is 0.643 bits per heavy atom. The Morgan fingerprint density at radius 3 is 1.17 bits per heavy atom. The molecule has 0 aliphatic heterocycles. The second kappa shape index (κ2) is 18.6. The molecular formula is C63H43N7. The Balaban J connectivity index is 1.01. The van der Waals surface area contributed by atoms with Gasteiger partial charge in [0.1, 0.15) is 11.6 Å². The molecule has 5 heterocycles. The molecule has 0 unspecified atom stereocenters. The van der Waals surface area contributed by atoms with Crippen LogP contribution in [0.2, 0.25) is 0 Å². The van der Waals surface area contributed by atoms with Crippen LogP contribution in [0.15, 0.2) is 262 Å². The molecule has 0 aliphatic carbocycles. The zero-order chi connectivity index (χ0) is 46.6. The highest BCUT2D eigenvalue weighted by Gasteiger charge is 2.20. The summed E-state index contributed by atoms with van der Waals surface area (Å²) in [6.45, 7) is 0. The maximum Gasteiger partial charge on any atom is 0.144 e. The molecule has 12 aromatic rings. The minimum atomic E-state index is 0.808. The third kappa shape index (κ3) is 8.29. The summed E-state index contributed by atoms with van der Waals surface area (Å²) in [7, 11) is 0. The summed E-state index contributed by atoms with van der Waals surface area (Å²) in [5.74, 6) is 1.62. The third-order valence-electron chi connectivity index (χ3n) is 12.8. The van der Waals surface area contributed by atoms with Crippen LogP contribution in [-0.2, 0) is 0 Å². The van der Waals surface area contributed by atoms with Gasteiger partial charge >= 0.3 is 0 Å². The first kappa shape index (κ1) is 41.8. The molecule has 7 nitrogen and oxygen atoms in total. The molecule has 0 fully saturated rings. The minimum Gasteiger partial charge on any atom is -0.300 e. The molecule has 0 saturated heterocycles. The number of nitrogens with zero attached hydrogens (tertiary/aromatic N) is 7. The van der Waals surface area contributed by atoms with E-state index in [4.69, 9.17) is 15.0 Å². The van der Waals surface area contributed by atoms with Crippen molar-refractivity contribution in [2.24, 2.45) is 0 Å². The molecule has 0 saturated carbocycles. The SMILES string of the molecule is c1ccc(-c2ccc(-c3cc(-c4ccccn4)ccc3-c3ccccc3-c3cc(-c4nccn4-c4ccc(-c5ccccn5)cc4)cc(-c4nccn4-c4ccc(-c5ccccn5)cc4)c3)cc2)cc1. The van der Waals surface area contributed by atoms with Crippen molar-refractivity contribution in [3.05, 3.63) is 262 Å². The fourth-order valence-corrected chi connectivity index (χ4v) is 9.30. The smallest absolute Gasteiger partial charge is 0.144 e. The van der Waals surface area contributed by atoms with Crippen LogP contribution in [0.3, 0.4) is 0 Å². The molecule has 7 aromatic carbocycles. The second-order valence-corrected chi connectivity index (χ2v) is 17.0. The molecule has 0 N–H and O–H groups in total. The summed E-state index contributed by atoms with van der Waals surface area (Å²) < 4.78 is 4.29. The van der Waals surface area contributed by atoms with Gasteiger partial charge in [0.25, 0.3) is 0 Å². The fraction of sp³-hybridized carbons (Fsp3) is 0. The van der Waals surface area contributed by atoms with Crippen LogP contribution < -0.4 is 0 Å². The van der Waals surface area contributed by atoms with Gasteiger partial charge in [0, 0.05) is 82.6 Å². The van der Waals surface area contributed by atoms with E-state index in [-0.39, 0.29) is 0 Å². The first-order valence-corrected chi connectivity index (χ1v) is 23.3. The van der Waals surface area contributed by atoms with Gasteiger partial charge in [0.2, 0.25) is 0 Å². The average molecular weight is 898 g/mol. The number of hydrogen-bond acceptors (Lipinski definition) is 5. The lowest BCUT2D eigenvalue weighted by Gasteiger charge is -2.18. The van der Waals surface area contributed by atoms with Crippen LogP contribution in [0.5, 0.6) is 0 Å². The van der Waals surface area contributed by atoms with Crippen molar-refractivity contribution in [1.29, 1.82) is 0 Å². The lowest BCUT2D eigenvalue weighted by Crippen LogP contribution is -2.00. The average Bonchev–Trinajstić information content (AvgIpc) is 4.16. The summed E-state index contributed by atoms with van der Waals surface area (Å²) in [4.78, 5) is 24.0. The van der Waals surface area contributed by atoms with E-state index in [1.807, 2.05) is 91.9 Å². The first-order valence-electron chi connectivity index (χ1n) is 23.3. The summed E-state index contributed by atoms with van der Waals surface area (Å²) in [6, 6.07) is 76.5. The van der Waals surface area contributed by atoms with E-state index in [1.165, 1.54) is 11.1 Å². The van der Waals surface area contributed by atoms with Gasteiger partial charge in [0.15, 0.2) is 0 Å². The topological polar surface area (TPSA) is 74.3 Å². The Morgan fingerprint density at radius 1 is 0.229 bits per heavy atom. The zero-order valence-electron chi connectivity index (χ0n) is 38.0. The van der Waals surface area contributed by atoms with Crippen LogP contribution in [0.1, 0.15) is 0 Å². The van der Waals surface area contributed by atoms with Gasteiger partial charge in [-0.05, 0) is 129 Å². The molecule has 12 rings (SSSR count). The molecule has 70 heavy (non-hydrogen) atoms. The van der Waals surface area contributed by atoms with Gasteiger partial charge < -0.3 is 0 Å². The van der Waals surface area contributed by atoms with Gasteiger partial charge in [-0.2, -0.15) is 0 Å². The Labute approximate surface area is 406 Å². The molecular weight excluding hydrogens is 855 g/mol. The van der Waals surface area contributed by atoms with Gasteiger partial charge in [-0.3, -0.25) is 24.1 Å². The number of rotatable bonds is 11. The minimum absolute atomic E-state index is 0.808. The number of benzene rings is 7. The van der Waals surface area contributed by atoms with E-state index >= 15 is 0 Å². The number of imidazole rings is 2. The van der Waals surface area contributed by atoms with Crippen molar-refractivity contribution < 1.29 is 0 Å². The third-order valence-corrected chi connectivity index (χ3v) is 12.8. The molecule has 7 heteroatoms. The predicted molar refractivity (Wildman–Crippen MR) is 283 cm³/mol. The standard InChI is InChI=1S/C63H43N7/c1-2-12-44(13-3-1)45-19-21-46(22-20-45)58-43-49(61-18-8-11-35-66-61)27-32-57(58)56-15-5-4-14-55(56)50-40-51(62-67-36-38-69(62)53-28-23-47(24-29-53)59-16-6-9-33-64-59)42-52(41-50)63-68-37-39-70(63)54-30-25-48(26-31-54)60-17-7-10-34-65-60/h1-43H. The zero-order valence-corrected chi connectivity index (χ0v) is 38.0. The number of hydrogen-bond donors (Lipinski definition) is 0. The van der Waals surface area contributed by atoms with Crippen LogP contribution in [0, 0.1) is 0 Å². The van der Waals surface area contributed by atoms with Crippen LogP contribution >= 0.6 is 0 Å². The molecule has 0 bridgehead atoms. The van der Waals surface area contributed by atoms with E-state index in [1.54, 1.807) is 0 Å². The summed E-state index contributed by atoms with van der Waals surface area (Å²) in [5.41, 5.74) is 18.7. The quantitative estimate of drug-likeness (QED) is 0.129. The Hall–Kier alpha value is -9.59. The maximum atomic E-state index is 5.03. The summed E-state index contributed by atoms with van der Waals surface area (Å²) >= 11 is 0. The van der Waals surface area contributed by atoms with Crippen molar-refractivity contribution in [3.8, 4) is 112 Å². The highest BCUT2D eigenvalue weighted by Crippen LogP contribution is 2.43. The van der Waals surface area contributed by atoms with Crippen LogP contribution in [0.25, 0.3) is 112 Å². The van der Waals surface area contributed by atoms with E-state index in [0.29, 0.717) is 0 Å². The Kier molecular flexibility index (Phi) is 11.1. The number of aromatic nitrogens is 7. The van der Waals surface area contributed by atoms with E-state index in [2.05, 4.69) is 189 Å². The molecule has 0 amide bonds. The van der Waals surface area contributed by atoms with Crippen LogP contribution in [-0.4, -0.2) is 34.1 Å². The first-order chi connectivity index (χ1) is 34.7. The van der Waals surface area contributed by atoms with Gasteiger partial charge in [-0.1, -0.05) is 133 Å². The normalized spacial score (nSPS) is 11.1. The van der Waals surface area contributed by atoms with E-state index in [0.717, 1.165) is 101 Å². The molecule has 0 spiro atoms. The van der Waals surface area contributed by atoms with Crippen LogP contribution in [0.4, 0.5) is 0 Å². The lowest BCUT2D eigenvalue weighted by atomic mass is 9.87. The fourth-order valence-electron chi connectivity index (χ4n) is 9.30. The monoisotopic (exact) mass is 897 g/mol. The van der Waals surface area contributed by atoms with Crippen molar-refractivity contribution in [1.82, 2.24) is 34.1 Å².